The van der Waals surface area contributed by atoms with Gasteiger partial charge in [0.25, 0.3) is 10.3 Å². The Bertz CT molecular complexity index is 694. The zero-order chi connectivity index (χ0) is 19.9. The topological polar surface area (TPSA) is 111 Å². The minimum Gasteiger partial charge on any atom is -0.354 e. The molecule has 2 fully saturated rings. The van der Waals surface area contributed by atoms with Crippen molar-refractivity contribution in [1.82, 2.24) is 10.6 Å². The molecular formula is C19H25N3O5S. The van der Waals surface area contributed by atoms with Crippen LogP contribution in [0, 0.1) is 22.0 Å². The average Bonchev–Trinajstić information content (AvgIpc) is 3.06. The van der Waals surface area contributed by atoms with E-state index in [0.717, 1.165) is 31.2 Å². The first kappa shape index (κ1) is 20.4. The number of amides is 2. The molecule has 1 saturated heterocycles. The lowest BCUT2D eigenvalue weighted by Crippen LogP contribution is -2.48. The van der Waals surface area contributed by atoms with Crippen molar-refractivity contribution in [2.24, 2.45) is 11.8 Å². The minimum atomic E-state index is -0.744. The number of carbonyl (C=O) groups excluding carboxylic acids is 2. The monoisotopic (exact) mass is 407 g/mol. The van der Waals surface area contributed by atoms with Gasteiger partial charge >= 0.3 is 0 Å². The summed E-state index contributed by atoms with van der Waals surface area (Å²) < 4.78 is 0. The Morgan fingerprint density at radius 2 is 1.89 bits per heavy atom. The van der Waals surface area contributed by atoms with Crippen molar-refractivity contribution in [3.8, 4) is 0 Å². The van der Waals surface area contributed by atoms with Crippen molar-refractivity contribution < 1.29 is 19.5 Å². The van der Waals surface area contributed by atoms with E-state index >= 15 is 0 Å². The smallest absolute Gasteiger partial charge is 0.294 e. The molecular weight excluding hydrogens is 382 g/mol. The molecule has 2 unspecified atom stereocenters. The van der Waals surface area contributed by atoms with E-state index in [1.165, 1.54) is 11.8 Å². The molecule has 0 spiro atoms. The quantitative estimate of drug-likeness (QED) is 0.506. The van der Waals surface area contributed by atoms with Crippen LogP contribution in [0.25, 0.3) is 0 Å². The van der Waals surface area contributed by atoms with Crippen LogP contribution >= 0.6 is 11.8 Å². The summed E-state index contributed by atoms with van der Waals surface area (Å²) in [6, 6.07) is 9.32. The second-order valence-corrected chi connectivity index (χ2v) is 8.62. The van der Waals surface area contributed by atoms with Gasteiger partial charge in [-0.1, -0.05) is 42.1 Å². The van der Waals surface area contributed by atoms with Crippen molar-refractivity contribution in [3.63, 3.8) is 0 Å². The Morgan fingerprint density at radius 3 is 2.57 bits per heavy atom. The molecule has 2 amide bonds. The number of hydrogen-bond donors (Lipinski definition) is 2. The number of nitrogens with one attached hydrogen (secondary N) is 2. The Hall–Kier alpha value is -2.29. The maximum absolute atomic E-state index is 12.6. The predicted molar refractivity (Wildman–Crippen MR) is 105 cm³/mol. The molecule has 2 N–H and O–H groups in total. The lowest BCUT2D eigenvalue weighted by molar-refractivity contribution is -0.759. The van der Waals surface area contributed by atoms with Gasteiger partial charge in [0.2, 0.25) is 5.91 Å². The molecule has 8 nitrogen and oxygen atoms in total. The molecule has 1 aliphatic carbocycles. The molecule has 0 aromatic heterocycles. The van der Waals surface area contributed by atoms with Crippen LogP contribution in [0.3, 0.4) is 0 Å². The van der Waals surface area contributed by atoms with Crippen molar-refractivity contribution in [2.75, 3.05) is 13.2 Å². The molecule has 28 heavy (non-hydrogen) atoms. The predicted octanol–water partition coefficient (Wildman–Crippen LogP) is 2.55. The van der Waals surface area contributed by atoms with E-state index in [0.29, 0.717) is 18.9 Å². The number of hydrogen-bond acceptors (Lipinski definition) is 6. The molecule has 1 heterocycles. The van der Waals surface area contributed by atoms with Gasteiger partial charge in [-0.25, -0.2) is 0 Å². The molecule has 9 heteroatoms. The van der Waals surface area contributed by atoms with Crippen LogP contribution in [-0.2, 0) is 16.1 Å². The van der Waals surface area contributed by atoms with Gasteiger partial charge in [-0.05, 0) is 49.5 Å². The van der Waals surface area contributed by atoms with Crippen molar-refractivity contribution in [1.29, 1.82) is 0 Å². The van der Waals surface area contributed by atoms with Crippen molar-refractivity contribution in [2.45, 2.75) is 43.4 Å². The first-order valence-electron chi connectivity index (χ1n) is 9.57. The molecule has 2 aliphatic rings. The summed E-state index contributed by atoms with van der Waals surface area (Å²) in [5.41, 5.74) is 1.10. The van der Waals surface area contributed by atoms with E-state index in [1.54, 1.807) is 0 Å². The van der Waals surface area contributed by atoms with E-state index < -0.39 is 11.1 Å². The zero-order valence-electron chi connectivity index (χ0n) is 15.5. The van der Waals surface area contributed by atoms with Crippen LogP contribution in [0.15, 0.2) is 30.3 Å². The molecule has 1 saturated carbocycles. The molecule has 1 aromatic rings. The molecule has 152 valence electrons. The molecule has 1 aromatic carbocycles. The van der Waals surface area contributed by atoms with Gasteiger partial charge in [0.15, 0.2) is 0 Å². The maximum Gasteiger partial charge on any atom is 0.294 e. The molecule has 0 bridgehead atoms. The van der Waals surface area contributed by atoms with Crippen LogP contribution in [0.2, 0.25) is 0 Å². The van der Waals surface area contributed by atoms with E-state index in [4.69, 9.17) is 0 Å². The average molecular weight is 407 g/mol. The van der Waals surface area contributed by atoms with Gasteiger partial charge in [0, 0.05) is 11.8 Å². The number of thioether (sulfide) groups is 1. The Labute approximate surface area is 167 Å². The number of carbonyl (C=O) groups is 2. The summed E-state index contributed by atoms with van der Waals surface area (Å²) in [6.07, 6.45) is 4.20. The lowest BCUT2D eigenvalue weighted by Gasteiger charge is -2.28. The fourth-order valence-corrected chi connectivity index (χ4v) is 4.90. The van der Waals surface area contributed by atoms with Crippen LogP contribution in [0.4, 0.5) is 4.79 Å². The van der Waals surface area contributed by atoms with E-state index in [-0.39, 0.29) is 28.9 Å². The lowest BCUT2D eigenvalue weighted by atomic mass is 9.82. The minimum absolute atomic E-state index is 0.120. The van der Waals surface area contributed by atoms with E-state index in [1.807, 2.05) is 30.3 Å². The third kappa shape index (κ3) is 5.85. The number of benzene rings is 1. The summed E-state index contributed by atoms with van der Waals surface area (Å²) in [6.45, 7) is 0.718. The number of nitrogens with zero attached hydrogens (tertiary/aromatic N) is 1. The summed E-state index contributed by atoms with van der Waals surface area (Å²) >= 11 is 1.19. The normalized spacial score (nSPS) is 27.1. The van der Waals surface area contributed by atoms with Crippen molar-refractivity contribution in [3.05, 3.63) is 46.0 Å². The highest BCUT2D eigenvalue weighted by atomic mass is 32.2. The van der Waals surface area contributed by atoms with E-state index in [9.17, 15) is 19.7 Å². The van der Waals surface area contributed by atoms with Crippen LogP contribution in [-0.4, -0.2) is 40.7 Å². The van der Waals surface area contributed by atoms with Crippen LogP contribution in [0.1, 0.15) is 31.2 Å². The van der Waals surface area contributed by atoms with Gasteiger partial charge in [-0.3, -0.25) is 9.59 Å². The molecule has 3 rings (SSSR count). The summed E-state index contributed by atoms with van der Waals surface area (Å²) in [5.74, 6) is 0.421. The summed E-state index contributed by atoms with van der Waals surface area (Å²) in [5, 5.41) is 15.0. The zero-order valence-corrected chi connectivity index (χ0v) is 16.4. The molecule has 0 radical (unpaired) electrons. The summed E-state index contributed by atoms with van der Waals surface area (Å²) in [7, 11) is 0. The second-order valence-electron chi connectivity index (χ2n) is 7.41. The highest BCUT2D eigenvalue weighted by molar-refractivity contribution is 8.14. The second kappa shape index (κ2) is 9.77. The fraction of sp³-hybridized carbons (Fsp3) is 0.579. The van der Waals surface area contributed by atoms with Gasteiger partial charge in [0.05, 0.1) is 6.61 Å². The van der Waals surface area contributed by atoms with Crippen LogP contribution < -0.4 is 10.6 Å². The maximum atomic E-state index is 12.6. The van der Waals surface area contributed by atoms with E-state index in [2.05, 4.69) is 15.5 Å². The van der Waals surface area contributed by atoms with Gasteiger partial charge in [0.1, 0.15) is 6.04 Å². The Kier molecular flexibility index (Phi) is 7.13. The third-order valence-corrected chi connectivity index (χ3v) is 6.49. The first-order valence-corrected chi connectivity index (χ1v) is 10.5. The molecule has 1 aliphatic heterocycles. The third-order valence-electron chi connectivity index (χ3n) is 5.41. The number of rotatable bonds is 8. The van der Waals surface area contributed by atoms with Crippen molar-refractivity contribution >= 4 is 22.9 Å². The highest BCUT2D eigenvalue weighted by Gasteiger charge is 2.38. The summed E-state index contributed by atoms with van der Waals surface area (Å²) in [4.78, 5) is 39.2. The first-order chi connectivity index (χ1) is 13.5. The SMILES string of the molecule is O=C1NC(C(=O)NCC2CCC(CO[N+](=O)[O-])CC2)C(Cc2ccccc2)S1. The Balaban J connectivity index is 1.43. The fourth-order valence-electron chi connectivity index (χ4n) is 3.82. The van der Waals surface area contributed by atoms with Gasteiger partial charge in [-0.15, -0.1) is 10.1 Å². The largest absolute Gasteiger partial charge is 0.354 e. The Morgan fingerprint density at radius 1 is 1.21 bits per heavy atom. The standard InChI is InChI=1S/C19H25N3O5S/c23-18(20-11-14-6-8-15(9-7-14)12-27-22(25)26)17-16(28-19(24)21-17)10-13-4-2-1-3-5-13/h1-5,14-17H,6-12H2,(H,20,23)(H,21,24). The molecule has 2 atom stereocenters. The van der Waals surface area contributed by atoms with Crippen LogP contribution in [0.5, 0.6) is 0 Å². The highest BCUT2D eigenvalue weighted by Crippen LogP contribution is 2.29. The van der Waals surface area contributed by atoms with Gasteiger partial charge in [-0.2, -0.15) is 0 Å². The van der Waals surface area contributed by atoms with Gasteiger partial charge < -0.3 is 15.5 Å².